The van der Waals surface area contributed by atoms with Gasteiger partial charge in [0.2, 0.25) is 5.91 Å². The van der Waals surface area contributed by atoms with E-state index in [1.807, 2.05) is 30.3 Å². The molecular weight excluding hydrogens is 536 g/mol. The summed E-state index contributed by atoms with van der Waals surface area (Å²) in [4.78, 5) is 18.8. The quantitative estimate of drug-likeness (QED) is 0.284. The van der Waals surface area contributed by atoms with Crippen LogP contribution in [0.4, 0.5) is 10.1 Å². The van der Waals surface area contributed by atoms with Crippen LogP contribution in [0, 0.1) is 5.82 Å². The second kappa shape index (κ2) is 12.3. The predicted octanol–water partition coefficient (Wildman–Crippen LogP) is 3.11. The van der Waals surface area contributed by atoms with Crippen molar-refractivity contribution in [3.05, 3.63) is 65.5 Å². The zero-order valence-corrected chi connectivity index (χ0v) is 21.1. The van der Waals surface area contributed by atoms with Gasteiger partial charge >= 0.3 is 0 Å². The van der Waals surface area contributed by atoms with Crippen LogP contribution in [0.1, 0.15) is 29.5 Å². The van der Waals surface area contributed by atoms with Crippen molar-refractivity contribution in [2.75, 3.05) is 51.8 Å². The van der Waals surface area contributed by atoms with Crippen LogP contribution in [-0.4, -0.2) is 63.2 Å². The van der Waals surface area contributed by atoms with Crippen molar-refractivity contribution in [2.24, 2.45) is 4.99 Å². The monoisotopic (exact) mass is 567 g/mol. The van der Waals surface area contributed by atoms with Gasteiger partial charge in [-0.1, -0.05) is 30.3 Å². The Hall–Kier alpha value is -2.24. The van der Waals surface area contributed by atoms with Crippen LogP contribution in [0.5, 0.6) is 0 Å². The predicted molar refractivity (Wildman–Crippen MR) is 139 cm³/mol. The number of nitrogens with zero attached hydrogens (tertiary/aromatic N) is 2. The molecule has 178 valence electrons. The summed E-state index contributed by atoms with van der Waals surface area (Å²) in [6.45, 7) is 4.24. The van der Waals surface area contributed by atoms with Gasteiger partial charge in [0, 0.05) is 51.3 Å². The van der Waals surface area contributed by atoms with Crippen molar-refractivity contribution >= 4 is 41.5 Å². The van der Waals surface area contributed by atoms with Crippen LogP contribution in [-0.2, 0) is 9.53 Å². The second-order valence-electron chi connectivity index (χ2n) is 8.09. The third-order valence-electron chi connectivity index (χ3n) is 6.05. The smallest absolute Gasteiger partial charge is 0.225 e. The molecule has 1 saturated heterocycles. The summed E-state index contributed by atoms with van der Waals surface area (Å²) in [7, 11) is 1.73. The van der Waals surface area contributed by atoms with Crippen LogP contribution >= 0.6 is 24.0 Å². The minimum atomic E-state index is -0.239. The highest BCUT2D eigenvalue weighted by atomic mass is 127. The number of amides is 1. The van der Waals surface area contributed by atoms with Gasteiger partial charge in [-0.05, 0) is 29.3 Å². The fourth-order valence-corrected chi connectivity index (χ4v) is 4.35. The van der Waals surface area contributed by atoms with Crippen LogP contribution < -0.4 is 16.0 Å². The lowest BCUT2D eigenvalue weighted by Gasteiger charge is -2.35. The average Bonchev–Trinajstić information content (AvgIpc) is 2.82. The van der Waals surface area contributed by atoms with Gasteiger partial charge < -0.3 is 20.7 Å². The fourth-order valence-electron chi connectivity index (χ4n) is 4.35. The maximum atomic E-state index is 13.5. The third-order valence-corrected chi connectivity index (χ3v) is 6.05. The van der Waals surface area contributed by atoms with Crippen molar-refractivity contribution in [1.82, 2.24) is 15.5 Å². The van der Waals surface area contributed by atoms with Crippen LogP contribution in [0.15, 0.2) is 53.5 Å². The Bertz CT molecular complexity index is 950. The Morgan fingerprint density at radius 1 is 1.18 bits per heavy atom. The van der Waals surface area contributed by atoms with Gasteiger partial charge in [-0.25, -0.2) is 4.39 Å². The molecule has 0 aliphatic carbocycles. The largest absolute Gasteiger partial charge is 0.379 e. The van der Waals surface area contributed by atoms with E-state index < -0.39 is 0 Å². The number of hydrogen-bond acceptors (Lipinski definition) is 4. The lowest BCUT2D eigenvalue weighted by Crippen LogP contribution is -2.47. The Morgan fingerprint density at radius 3 is 2.64 bits per heavy atom. The van der Waals surface area contributed by atoms with Gasteiger partial charge in [0.25, 0.3) is 0 Å². The highest BCUT2D eigenvalue weighted by molar-refractivity contribution is 14.0. The van der Waals surface area contributed by atoms with E-state index in [9.17, 15) is 9.18 Å². The molecule has 0 radical (unpaired) electrons. The maximum Gasteiger partial charge on any atom is 0.225 e. The molecule has 2 atom stereocenters. The SMILES string of the molecule is CN=C(NCC1CC(=O)Nc2ccccc21)NCC(c1ccc(F)cc1)N1CCOCC1.I. The Labute approximate surface area is 211 Å². The number of ether oxygens (including phenoxy) is 1. The molecule has 2 aromatic rings. The number of morpholine rings is 1. The molecule has 1 fully saturated rings. The van der Waals surface area contributed by atoms with E-state index in [2.05, 4.69) is 31.9 Å². The molecular formula is C24H31FIN5O2. The molecule has 3 N–H and O–H groups in total. The molecule has 9 heteroatoms. The number of halogens is 2. The number of aliphatic imine (C=N–C) groups is 1. The van der Waals surface area contributed by atoms with E-state index in [-0.39, 0.29) is 47.7 Å². The molecule has 2 unspecified atom stereocenters. The number of anilines is 1. The first-order valence-corrected chi connectivity index (χ1v) is 11.0. The first-order chi connectivity index (χ1) is 15.6. The van der Waals surface area contributed by atoms with Crippen LogP contribution in [0.25, 0.3) is 0 Å². The van der Waals surface area contributed by atoms with Gasteiger partial charge in [0.1, 0.15) is 5.82 Å². The van der Waals surface area contributed by atoms with E-state index in [1.165, 1.54) is 12.1 Å². The summed E-state index contributed by atoms with van der Waals surface area (Å²) < 4.78 is 19.0. The van der Waals surface area contributed by atoms with E-state index in [4.69, 9.17) is 4.74 Å². The molecule has 1 amide bonds. The van der Waals surface area contributed by atoms with Gasteiger partial charge in [-0.2, -0.15) is 0 Å². The summed E-state index contributed by atoms with van der Waals surface area (Å²) in [5.41, 5.74) is 3.06. The highest BCUT2D eigenvalue weighted by Gasteiger charge is 2.26. The minimum absolute atomic E-state index is 0. The molecule has 33 heavy (non-hydrogen) atoms. The van der Waals surface area contributed by atoms with Crippen molar-refractivity contribution in [3.8, 4) is 0 Å². The average molecular weight is 567 g/mol. The molecule has 2 aromatic carbocycles. The number of hydrogen-bond donors (Lipinski definition) is 3. The fraction of sp³-hybridized carbons (Fsp3) is 0.417. The Balaban J connectivity index is 0.00000306. The maximum absolute atomic E-state index is 13.5. The normalized spacial score (nSPS) is 19.6. The number of rotatable bonds is 6. The van der Waals surface area contributed by atoms with Gasteiger partial charge in [0.05, 0.1) is 19.3 Å². The lowest BCUT2D eigenvalue weighted by atomic mass is 9.90. The molecule has 2 aliphatic heterocycles. The van der Waals surface area contributed by atoms with E-state index in [0.29, 0.717) is 38.7 Å². The van der Waals surface area contributed by atoms with Crippen molar-refractivity contribution < 1.29 is 13.9 Å². The molecule has 7 nitrogen and oxygen atoms in total. The van der Waals surface area contributed by atoms with Gasteiger partial charge in [0.15, 0.2) is 5.96 Å². The summed E-state index contributed by atoms with van der Waals surface area (Å²) in [6.07, 6.45) is 0.437. The highest BCUT2D eigenvalue weighted by Crippen LogP contribution is 2.31. The summed E-state index contributed by atoms with van der Waals surface area (Å²) in [5.74, 6) is 0.540. The van der Waals surface area contributed by atoms with Crippen LogP contribution in [0.3, 0.4) is 0 Å². The molecule has 0 saturated carbocycles. The first kappa shape index (κ1) is 25.4. The zero-order valence-electron chi connectivity index (χ0n) is 18.7. The summed E-state index contributed by atoms with van der Waals surface area (Å²) in [5, 5.41) is 9.73. The number of benzene rings is 2. The number of carbonyl (C=O) groups is 1. The molecule has 2 heterocycles. The van der Waals surface area contributed by atoms with Crippen molar-refractivity contribution in [3.63, 3.8) is 0 Å². The third kappa shape index (κ3) is 6.64. The van der Waals surface area contributed by atoms with Gasteiger partial charge in [-0.3, -0.25) is 14.7 Å². The summed E-state index contributed by atoms with van der Waals surface area (Å²) >= 11 is 0. The van der Waals surface area contributed by atoms with Crippen molar-refractivity contribution in [2.45, 2.75) is 18.4 Å². The number of nitrogens with one attached hydrogen (secondary N) is 3. The molecule has 0 aromatic heterocycles. The minimum Gasteiger partial charge on any atom is -0.379 e. The standard InChI is InChI=1S/C24H30FN5O2.HI/c1-26-24(27-15-18-14-23(31)29-21-5-3-2-4-20(18)21)28-16-22(30-10-12-32-13-11-30)17-6-8-19(25)9-7-17;/h2-9,18,22H,10-16H2,1H3,(H,29,31)(H2,26,27,28);1H. The van der Waals surface area contributed by atoms with E-state index in [0.717, 1.165) is 29.9 Å². The second-order valence-corrected chi connectivity index (χ2v) is 8.09. The summed E-state index contributed by atoms with van der Waals surface area (Å²) in [6, 6.07) is 14.7. The molecule has 0 spiro atoms. The Kier molecular flexibility index (Phi) is 9.45. The zero-order chi connectivity index (χ0) is 22.3. The van der Waals surface area contributed by atoms with Crippen LogP contribution in [0.2, 0.25) is 0 Å². The van der Waals surface area contributed by atoms with E-state index in [1.54, 1.807) is 7.05 Å². The Morgan fingerprint density at radius 2 is 1.91 bits per heavy atom. The molecule has 0 bridgehead atoms. The first-order valence-electron chi connectivity index (χ1n) is 11.0. The number of guanidine groups is 1. The molecule has 2 aliphatic rings. The van der Waals surface area contributed by atoms with Gasteiger partial charge in [-0.15, -0.1) is 24.0 Å². The van der Waals surface area contributed by atoms with E-state index >= 15 is 0 Å². The number of fused-ring (bicyclic) bond motifs is 1. The molecule has 4 rings (SSSR count). The number of carbonyl (C=O) groups excluding carboxylic acids is 1. The lowest BCUT2D eigenvalue weighted by molar-refractivity contribution is -0.116. The van der Waals surface area contributed by atoms with Crippen molar-refractivity contribution in [1.29, 1.82) is 0 Å². The topological polar surface area (TPSA) is 78.0 Å². The number of para-hydroxylation sites is 1.